The number of aromatic nitrogens is 3. The Hall–Kier alpha value is -8.92. The second-order valence-electron chi connectivity index (χ2n) is 19.2. The molecule has 0 saturated heterocycles. The van der Waals surface area contributed by atoms with Gasteiger partial charge in [0.05, 0.1) is 0 Å². The van der Waals surface area contributed by atoms with Crippen LogP contribution in [0.4, 0.5) is 0 Å². The fourth-order valence-electron chi connectivity index (χ4n) is 10.00. The zero-order valence-electron chi connectivity index (χ0n) is 42.3. The molecule has 3 nitrogen and oxygen atoms in total. The number of pyridine rings is 3. The summed E-state index contributed by atoms with van der Waals surface area (Å²) >= 11 is 0. The van der Waals surface area contributed by atoms with Crippen LogP contribution in [0.25, 0.3) is 123 Å². The van der Waals surface area contributed by atoms with Crippen molar-refractivity contribution in [2.75, 3.05) is 0 Å². The first-order chi connectivity index (χ1) is 36.9. The summed E-state index contributed by atoms with van der Waals surface area (Å²) in [5.74, 6) is 0. The predicted molar refractivity (Wildman–Crippen MR) is 310 cm³/mol. The van der Waals surface area contributed by atoms with Crippen molar-refractivity contribution in [1.82, 2.24) is 15.0 Å². The van der Waals surface area contributed by atoms with Crippen molar-refractivity contribution in [2.24, 2.45) is 0 Å². The Bertz CT molecular complexity index is 3810. The average molecular weight is 1150 g/mol. The molecule has 0 radical (unpaired) electrons. The minimum Gasteiger partial charge on any atom is -0.304 e. The summed E-state index contributed by atoms with van der Waals surface area (Å²) in [6.45, 7) is 6.18. The van der Waals surface area contributed by atoms with E-state index >= 15 is 0 Å². The Morgan fingerprint density at radius 3 is 1.03 bits per heavy atom. The number of nitrogens with zero attached hydrogens (tertiary/aromatic N) is 3. The van der Waals surface area contributed by atoms with Crippen LogP contribution in [0.5, 0.6) is 0 Å². The Labute approximate surface area is 459 Å². The average Bonchev–Trinajstić information content (AvgIpc) is 3.51. The van der Waals surface area contributed by atoms with Crippen LogP contribution >= 0.6 is 0 Å². The second kappa shape index (κ2) is 21.9. The fourth-order valence-corrected chi connectivity index (χ4v) is 10.00. The maximum Gasteiger partial charge on any atom is 3.00 e. The summed E-state index contributed by atoms with van der Waals surface area (Å²) in [7, 11) is 0. The zero-order chi connectivity index (χ0) is 50.7. The van der Waals surface area contributed by atoms with Gasteiger partial charge in [-0.15, -0.1) is 83.4 Å². The minimum absolute atomic E-state index is 0. The van der Waals surface area contributed by atoms with Gasteiger partial charge in [0.2, 0.25) is 0 Å². The van der Waals surface area contributed by atoms with Crippen LogP contribution in [0.3, 0.4) is 0 Å². The van der Waals surface area contributed by atoms with Crippen LogP contribution in [-0.2, 0) is 20.1 Å². The molecule has 0 aliphatic heterocycles. The molecule has 12 rings (SSSR count). The molecule has 0 aliphatic rings. The SMILES string of the molecule is Cc1ccc(-c2[c-]cc(-c3ccccc3-c3cc(-c4ccccc4-c4c[c-]c(-c5ccc(C)cn5)cc4)cc(-c4ccccc4-c4c[c-]c(-c5ccc(C)cn5)cc4-c4ccc(-c5ccccc5)cc4)c3)cc2)nc1.[Ir+3]. The van der Waals surface area contributed by atoms with E-state index in [9.17, 15) is 0 Å². The Morgan fingerprint density at radius 1 is 0.250 bits per heavy atom. The molecule has 0 unspecified atom stereocenters. The van der Waals surface area contributed by atoms with E-state index in [-0.39, 0.29) is 20.1 Å². The van der Waals surface area contributed by atoms with Crippen molar-refractivity contribution >= 4 is 0 Å². The number of aryl methyl sites for hydroxylation is 3. The summed E-state index contributed by atoms with van der Waals surface area (Å²) in [6, 6.07) is 93.3. The largest absolute Gasteiger partial charge is 3.00 e. The number of benzene rings is 9. The maximum atomic E-state index is 4.84. The Kier molecular flexibility index (Phi) is 14.2. The standard InChI is InChI=1S/C72H50N3.Ir/c1-48-21-38-70(73-45-48)56-32-28-53(29-33-56)62-15-7-9-17-64(62)59-41-60(65-18-10-8-16-63(65)54-30-34-57(35-31-54)71-39-22-49(2)46-74-71)43-61(42-59)66-19-11-12-20-67(66)68-37-36-58(72-40-23-50(3)47-75-72)44-69(68)55-26-24-52(25-27-55)51-13-5-4-6-14-51;/h4-32,34,37-47H,1-3H3;/q-3;+3. The normalized spacial score (nSPS) is 11.0. The van der Waals surface area contributed by atoms with Gasteiger partial charge in [-0.25, -0.2) is 0 Å². The summed E-state index contributed by atoms with van der Waals surface area (Å²) in [4.78, 5) is 14.2. The van der Waals surface area contributed by atoms with Crippen LogP contribution in [-0.4, -0.2) is 15.0 Å². The van der Waals surface area contributed by atoms with Gasteiger partial charge in [-0.05, 0) is 123 Å². The molecule has 0 atom stereocenters. The van der Waals surface area contributed by atoms with Crippen LogP contribution in [0.2, 0.25) is 0 Å². The van der Waals surface area contributed by atoms with E-state index in [1.54, 1.807) is 0 Å². The van der Waals surface area contributed by atoms with E-state index in [0.29, 0.717) is 0 Å². The molecule has 4 heteroatoms. The van der Waals surface area contributed by atoms with Gasteiger partial charge in [-0.2, -0.15) is 0 Å². The molecule has 0 aliphatic carbocycles. The zero-order valence-corrected chi connectivity index (χ0v) is 44.7. The van der Waals surface area contributed by atoms with Gasteiger partial charge in [0.1, 0.15) is 0 Å². The van der Waals surface area contributed by atoms with Gasteiger partial charge in [-0.3, -0.25) is 0 Å². The topological polar surface area (TPSA) is 38.7 Å². The summed E-state index contributed by atoms with van der Waals surface area (Å²) in [6.07, 6.45) is 5.74. The molecule has 3 heterocycles. The number of hydrogen-bond acceptors (Lipinski definition) is 3. The third-order valence-corrected chi connectivity index (χ3v) is 14.0. The van der Waals surface area contributed by atoms with E-state index in [4.69, 9.17) is 4.98 Å². The van der Waals surface area contributed by atoms with Gasteiger partial charge >= 0.3 is 20.1 Å². The second-order valence-corrected chi connectivity index (χ2v) is 19.2. The third kappa shape index (κ3) is 10.3. The van der Waals surface area contributed by atoms with Crippen LogP contribution < -0.4 is 0 Å². The van der Waals surface area contributed by atoms with E-state index in [0.717, 1.165) is 128 Å². The van der Waals surface area contributed by atoms with E-state index in [1.807, 2.05) is 18.6 Å². The molecule has 76 heavy (non-hydrogen) atoms. The molecular weight excluding hydrogens is 1100 g/mol. The van der Waals surface area contributed by atoms with Crippen molar-refractivity contribution in [3.05, 3.63) is 284 Å². The summed E-state index contributed by atoms with van der Waals surface area (Å²) in [5.41, 5.74) is 26.7. The van der Waals surface area contributed by atoms with Crippen molar-refractivity contribution in [3.8, 4) is 123 Å². The minimum atomic E-state index is 0. The summed E-state index contributed by atoms with van der Waals surface area (Å²) in [5, 5.41) is 0. The third-order valence-electron chi connectivity index (χ3n) is 14.0. The smallest absolute Gasteiger partial charge is 0.304 e. The van der Waals surface area contributed by atoms with E-state index < -0.39 is 0 Å². The van der Waals surface area contributed by atoms with Crippen molar-refractivity contribution in [1.29, 1.82) is 0 Å². The predicted octanol–water partition coefficient (Wildman–Crippen LogP) is 18.5. The summed E-state index contributed by atoms with van der Waals surface area (Å²) < 4.78 is 0. The van der Waals surface area contributed by atoms with Crippen molar-refractivity contribution in [3.63, 3.8) is 0 Å². The number of rotatable bonds is 11. The van der Waals surface area contributed by atoms with E-state index in [1.165, 1.54) is 11.1 Å². The van der Waals surface area contributed by atoms with Gasteiger partial charge in [-0.1, -0.05) is 203 Å². The Morgan fingerprint density at radius 2 is 0.605 bits per heavy atom. The van der Waals surface area contributed by atoms with Crippen LogP contribution in [0.15, 0.2) is 249 Å². The number of hydrogen-bond donors (Lipinski definition) is 0. The van der Waals surface area contributed by atoms with Gasteiger partial charge in [0.15, 0.2) is 0 Å². The molecule has 0 fully saturated rings. The molecule has 0 bridgehead atoms. The molecule has 12 aromatic rings. The maximum absolute atomic E-state index is 4.84. The molecular formula is C72H50IrN3. The molecule has 3 aromatic heterocycles. The first-order valence-electron chi connectivity index (χ1n) is 25.4. The van der Waals surface area contributed by atoms with Gasteiger partial charge < -0.3 is 15.0 Å². The van der Waals surface area contributed by atoms with Crippen molar-refractivity contribution < 1.29 is 20.1 Å². The van der Waals surface area contributed by atoms with Crippen LogP contribution in [0.1, 0.15) is 16.7 Å². The first kappa shape index (κ1) is 49.3. The van der Waals surface area contributed by atoms with Crippen molar-refractivity contribution in [2.45, 2.75) is 20.8 Å². The monoisotopic (exact) mass is 1150 g/mol. The Balaban J connectivity index is 0.00000616. The molecule has 0 amide bonds. The molecule has 0 saturated carbocycles. The van der Waals surface area contributed by atoms with Crippen LogP contribution in [0, 0.1) is 39.0 Å². The first-order valence-corrected chi connectivity index (χ1v) is 25.4. The van der Waals surface area contributed by atoms with Gasteiger partial charge in [0, 0.05) is 18.6 Å². The van der Waals surface area contributed by atoms with Gasteiger partial charge in [0.25, 0.3) is 0 Å². The molecule has 0 spiro atoms. The molecule has 9 aromatic carbocycles. The molecule has 362 valence electrons. The fraction of sp³-hybridized carbons (Fsp3) is 0.0417. The van der Waals surface area contributed by atoms with E-state index in [2.05, 4.69) is 279 Å². The quantitative estimate of drug-likeness (QED) is 0.121. The molecule has 0 N–H and O–H groups in total.